The zero-order chi connectivity index (χ0) is 22.9. The van der Waals surface area contributed by atoms with E-state index in [0.29, 0.717) is 46.8 Å². The minimum absolute atomic E-state index is 0.170. The predicted molar refractivity (Wildman–Crippen MR) is 119 cm³/mol. The molecule has 1 aliphatic rings. The van der Waals surface area contributed by atoms with Crippen LogP contribution in [0.1, 0.15) is 20.8 Å². The van der Waals surface area contributed by atoms with Crippen molar-refractivity contribution < 1.29 is 23.7 Å². The number of nitrogen functional groups attached to an aromatic ring is 1. The number of methoxy groups -OCH3 is 1. The molecule has 0 saturated carbocycles. The quantitative estimate of drug-likeness (QED) is 0.571. The van der Waals surface area contributed by atoms with E-state index in [-0.39, 0.29) is 6.79 Å². The number of pyridine rings is 1. The minimum atomic E-state index is -0.567. The van der Waals surface area contributed by atoms with Gasteiger partial charge in [0.15, 0.2) is 22.5 Å². The second-order valence-electron chi connectivity index (χ2n) is 8.00. The van der Waals surface area contributed by atoms with Gasteiger partial charge < -0.3 is 34.6 Å². The largest absolute Gasteiger partial charge is 0.495 e. The summed E-state index contributed by atoms with van der Waals surface area (Å²) in [6.45, 7) is 6.42. The van der Waals surface area contributed by atoms with Gasteiger partial charge in [0.2, 0.25) is 6.79 Å². The van der Waals surface area contributed by atoms with Crippen LogP contribution in [0.3, 0.4) is 0 Å². The van der Waals surface area contributed by atoms with Gasteiger partial charge in [-0.25, -0.2) is 14.8 Å². The van der Waals surface area contributed by atoms with Crippen LogP contribution in [0.25, 0.3) is 11.0 Å². The van der Waals surface area contributed by atoms with Crippen molar-refractivity contribution in [2.45, 2.75) is 43.0 Å². The number of imidazole rings is 1. The highest BCUT2D eigenvalue weighted by molar-refractivity contribution is 7.99. The lowest BCUT2D eigenvalue weighted by molar-refractivity contribution is 0.0526. The molecule has 3 aromatic rings. The number of ether oxygens (including phenoxy) is 4. The van der Waals surface area contributed by atoms with Gasteiger partial charge in [0.1, 0.15) is 16.9 Å². The molecule has 0 atom stereocenters. The number of carbonyl (C=O) groups is 1. The summed E-state index contributed by atoms with van der Waals surface area (Å²) >= 11 is 1.40. The van der Waals surface area contributed by atoms with E-state index < -0.39 is 11.7 Å². The Morgan fingerprint density at radius 3 is 2.78 bits per heavy atom. The van der Waals surface area contributed by atoms with Gasteiger partial charge in [0.05, 0.1) is 17.5 Å². The van der Waals surface area contributed by atoms with E-state index in [1.165, 1.54) is 11.8 Å². The minimum Gasteiger partial charge on any atom is -0.495 e. The zero-order valence-corrected chi connectivity index (χ0v) is 19.1. The summed E-state index contributed by atoms with van der Waals surface area (Å²) in [5.74, 6) is 2.25. The van der Waals surface area contributed by atoms with E-state index in [1.807, 2.05) is 37.5 Å². The molecular formula is C21H25N5O5S. The van der Waals surface area contributed by atoms with Crippen LogP contribution in [-0.4, -0.2) is 46.7 Å². The Kier molecular flexibility index (Phi) is 5.92. The average molecular weight is 460 g/mol. The van der Waals surface area contributed by atoms with Crippen molar-refractivity contribution in [2.75, 3.05) is 26.2 Å². The number of aromatic nitrogens is 3. The van der Waals surface area contributed by atoms with Gasteiger partial charge in [-0.2, -0.15) is 0 Å². The fourth-order valence-corrected chi connectivity index (χ4v) is 4.21. The second kappa shape index (κ2) is 8.65. The van der Waals surface area contributed by atoms with Crippen LogP contribution in [0.2, 0.25) is 0 Å². The number of fused-ring (bicyclic) bond motifs is 2. The van der Waals surface area contributed by atoms with Crippen molar-refractivity contribution in [3.05, 3.63) is 24.4 Å². The van der Waals surface area contributed by atoms with Gasteiger partial charge in [-0.05, 0) is 38.6 Å². The lowest BCUT2D eigenvalue weighted by Gasteiger charge is -2.20. The molecule has 1 amide bonds. The molecule has 32 heavy (non-hydrogen) atoms. The average Bonchev–Trinajstić information content (AvgIpc) is 3.31. The highest BCUT2D eigenvalue weighted by atomic mass is 32.2. The number of nitrogens with zero attached hydrogens (tertiary/aromatic N) is 3. The molecule has 10 nitrogen and oxygen atoms in total. The molecule has 170 valence electrons. The van der Waals surface area contributed by atoms with Gasteiger partial charge in [-0.3, -0.25) is 0 Å². The summed E-state index contributed by atoms with van der Waals surface area (Å²) in [6, 6.07) is 5.49. The van der Waals surface area contributed by atoms with Crippen LogP contribution < -0.4 is 25.3 Å². The van der Waals surface area contributed by atoms with Gasteiger partial charge in [0, 0.05) is 31.4 Å². The van der Waals surface area contributed by atoms with E-state index in [2.05, 4.69) is 10.3 Å². The molecule has 3 heterocycles. The number of hydrogen-bond acceptors (Lipinski definition) is 9. The van der Waals surface area contributed by atoms with Crippen molar-refractivity contribution >= 4 is 34.7 Å². The Morgan fingerprint density at radius 2 is 2.06 bits per heavy atom. The Bertz CT molecular complexity index is 1160. The first-order chi connectivity index (χ1) is 15.2. The molecule has 0 aliphatic carbocycles. The maximum Gasteiger partial charge on any atom is 0.407 e. The normalized spacial score (nSPS) is 12.8. The molecule has 11 heteroatoms. The van der Waals surface area contributed by atoms with E-state index in [4.69, 9.17) is 29.7 Å². The van der Waals surface area contributed by atoms with Gasteiger partial charge in [0.25, 0.3) is 0 Å². The third kappa shape index (κ3) is 4.62. The Balaban J connectivity index is 1.62. The van der Waals surface area contributed by atoms with E-state index in [1.54, 1.807) is 19.4 Å². The van der Waals surface area contributed by atoms with Crippen LogP contribution in [0.4, 0.5) is 10.6 Å². The molecule has 0 spiro atoms. The van der Waals surface area contributed by atoms with E-state index in [0.717, 1.165) is 10.4 Å². The molecule has 3 N–H and O–H groups in total. The fourth-order valence-electron chi connectivity index (χ4n) is 3.17. The number of amides is 1. The highest BCUT2D eigenvalue weighted by Gasteiger charge is 2.22. The first-order valence-corrected chi connectivity index (χ1v) is 10.8. The summed E-state index contributed by atoms with van der Waals surface area (Å²) < 4.78 is 23.8. The molecular weight excluding hydrogens is 434 g/mol. The van der Waals surface area contributed by atoms with Crippen LogP contribution in [0, 0.1) is 0 Å². The first kappa shape index (κ1) is 21.9. The SMILES string of the molecule is COc1cc2c(cc1Sc1nc3c(N)nccc3n1CCNC(=O)OC(C)(C)C)OCO2. The summed E-state index contributed by atoms with van der Waals surface area (Å²) in [5.41, 5.74) is 6.89. The number of benzene rings is 1. The van der Waals surface area contributed by atoms with Crippen molar-refractivity contribution in [2.24, 2.45) is 0 Å². The predicted octanol–water partition coefficient (Wildman–Crippen LogP) is 3.43. The van der Waals surface area contributed by atoms with E-state index in [9.17, 15) is 4.79 Å². The standard InChI is InChI=1S/C21H25N5O5S/c1-21(2,3)31-20(27)24-7-8-26-12-5-6-23-18(22)17(12)25-19(26)32-16-10-14-13(29-11-30-14)9-15(16)28-4/h5-6,9-10H,7-8,11H2,1-4H3,(H2,22,23)(H,24,27). The zero-order valence-electron chi connectivity index (χ0n) is 18.3. The number of nitrogens with two attached hydrogens (primary N) is 1. The topological polar surface area (TPSA) is 123 Å². The fraction of sp³-hybridized carbons (Fsp3) is 0.381. The third-order valence-corrected chi connectivity index (χ3v) is 5.56. The lowest BCUT2D eigenvalue weighted by atomic mass is 10.2. The molecule has 0 saturated heterocycles. The summed E-state index contributed by atoms with van der Waals surface area (Å²) in [6.07, 6.45) is 1.15. The van der Waals surface area contributed by atoms with Gasteiger partial charge >= 0.3 is 6.09 Å². The molecule has 1 aliphatic heterocycles. The lowest BCUT2D eigenvalue weighted by Crippen LogP contribution is -2.34. The molecule has 2 aromatic heterocycles. The maximum absolute atomic E-state index is 12.0. The van der Waals surface area contributed by atoms with Gasteiger partial charge in [-0.15, -0.1) is 0 Å². The number of carbonyl (C=O) groups excluding carboxylic acids is 1. The second-order valence-corrected chi connectivity index (χ2v) is 9.01. The van der Waals surface area contributed by atoms with Crippen molar-refractivity contribution in [3.8, 4) is 17.2 Å². The first-order valence-electron chi connectivity index (χ1n) is 9.98. The maximum atomic E-state index is 12.0. The van der Waals surface area contributed by atoms with Crippen molar-refractivity contribution in [1.29, 1.82) is 0 Å². The highest BCUT2D eigenvalue weighted by Crippen LogP contribution is 2.44. The number of rotatable bonds is 6. The number of hydrogen-bond donors (Lipinski definition) is 2. The number of alkyl carbamates (subject to hydrolysis) is 1. The van der Waals surface area contributed by atoms with Crippen LogP contribution >= 0.6 is 11.8 Å². The van der Waals surface area contributed by atoms with E-state index >= 15 is 0 Å². The Hall–Kier alpha value is -3.34. The molecule has 0 unspecified atom stereocenters. The number of nitrogens with one attached hydrogen (secondary N) is 1. The molecule has 0 fully saturated rings. The smallest absolute Gasteiger partial charge is 0.407 e. The summed E-state index contributed by atoms with van der Waals surface area (Å²) in [4.78, 5) is 21.7. The molecule has 0 bridgehead atoms. The van der Waals surface area contributed by atoms with Crippen molar-refractivity contribution in [3.63, 3.8) is 0 Å². The summed E-state index contributed by atoms with van der Waals surface area (Å²) in [5, 5.41) is 3.45. The third-order valence-electron chi connectivity index (χ3n) is 4.52. The molecule has 0 radical (unpaired) electrons. The number of anilines is 1. The molecule has 4 rings (SSSR count). The Labute approximate surface area is 189 Å². The summed E-state index contributed by atoms with van der Waals surface area (Å²) in [7, 11) is 1.59. The van der Waals surface area contributed by atoms with Crippen LogP contribution in [-0.2, 0) is 11.3 Å². The van der Waals surface area contributed by atoms with Crippen LogP contribution in [0.5, 0.6) is 17.2 Å². The monoisotopic (exact) mass is 459 g/mol. The Morgan fingerprint density at radius 1 is 1.31 bits per heavy atom. The van der Waals surface area contributed by atoms with Crippen LogP contribution in [0.15, 0.2) is 34.4 Å². The molecule has 1 aromatic carbocycles. The van der Waals surface area contributed by atoms with Crippen molar-refractivity contribution in [1.82, 2.24) is 19.9 Å². The van der Waals surface area contributed by atoms with Gasteiger partial charge in [-0.1, -0.05) is 0 Å².